The summed E-state index contributed by atoms with van der Waals surface area (Å²) < 4.78 is 24.7. The van der Waals surface area contributed by atoms with Crippen molar-refractivity contribution in [3.05, 3.63) is 70.3 Å². The molecule has 2 aromatic rings. The molecule has 0 aliphatic rings. The Kier molecular flexibility index (Phi) is 4.44. The minimum atomic E-state index is -3.30. The molecule has 3 nitrogen and oxygen atoms in total. The van der Waals surface area contributed by atoms with Gasteiger partial charge in [-0.05, 0) is 31.0 Å². The van der Waals surface area contributed by atoms with Crippen LogP contribution in [0.4, 0.5) is 0 Å². The second-order valence-corrected chi connectivity index (χ2v) is 7.36. The average Bonchev–Trinajstić information content (AvgIpc) is 2.36. The lowest BCUT2D eigenvalue weighted by Gasteiger charge is -2.08. The molecule has 0 aliphatic carbocycles. The standard InChI is InChI=1S/C17H17NO2S/c1-13-7-14(2)9-15(8-13)11-21(19,20)12-17-6-4-3-5-16(17)10-18/h3-9H,11-12H2,1-2H3. The Balaban J connectivity index is 2.25. The first-order valence-corrected chi connectivity index (χ1v) is 8.47. The minimum Gasteiger partial charge on any atom is -0.228 e. The second kappa shape index (κ2) is 6.11. The molecule has 21 heavy (non-hydrogen) atoms. The van der Waals surface area contributed by atoms with E-state index < -0.39 is 9.84 Å². The number of benzene rings is 2. The Hall–Kier alpha value is -2.12. The highest BCUT2D eigenvalue weighted by Gasteiger charge is 2.15. The molecule has 0 spiro atoms. The fourth-order valence-corrected chi connectivity index (χ4v) is 3.95. The fraction of sp³-hybridized carbons (Fsp3) is 0.235. The first-order chi connectivity index (χ1) is 9.89. The third-order valence-corrected chi connectivity index (χ3v) is 4.71. The van der Waals surface area contributed by atoms with Crippen LogP contribution in [-0.4, -0.2) is 8.42 Å². The van der Waals surface area contributed by atoms with E-state index in [9.17, 15) is 8.42 Å². The van der Waals surface area contributed by atoms with Gasteiger partial charge >= 0.3 is 0 Å². The van der Waals surface area contributed by atoms with E-state index in [0.717, 1.165) is 16.7 Å². The van der Waals surface area contributed by atoms with Crippen LogP contribution >= 0.6 is 0 Å². The lowest BCUT2D eigenvalue weighted by atomic mass is 10.1. The third-order valence-electron chi connectivity index (χ3n) is 3.18. The Morgan fingerprint density at radius 1 is 1.00 bits per heavy atom. The summed E-state index contributed by atoms with van der Waals surface area (Å²) in [6.45, 7) is 3.90. The quantitative estimate of drug-likeness (QED) is 0.870. The molecule has 4 heteroatoms. The van der Waals surface area contributed by atoms with Crippen molar-refractivity contribution in [2.24, 2.45) is 0 Å². The van der Waals surface area contributed by atoms with Crippen LogP contribution in [0, 0.1) is 25.2 Å². The summed E-state index contributed by atoms with van der Waals surface area (Å²) in [4.78, 5) is 0. The predicted molar refractivity (Wildman–Crippen MR) is 83.4 cm³/mol. The molecule has 0 saturated carbocycles. The molecule has 0 heterocycles. The number of nitrogens with zero attached hydrogens (tertiary/aromatic N) is 1. The van der Waals surface area contributed by atoms with Crippen molar-refractivity contribution in [1.29, 1.82) is 5.26 Å². The van der Waals surface area contributed by atoms with Crippen LogP contribution in [0.1, 0.15) is 27.8 Å². The smallest absolute Gasteiger partial charge is 0.158 e. The van der Waals surface area contributed by atoms with Crippen LogP contribution in [0.25, 0.3) is 0 Å². The lowest BCUT2D eigenvalue weighted by Crippen LogP contribution is -2.09. The first kappa shape index (κ1) is 15.3. The van der Waals surface area contributed by atoms with Gasteiger partial charge < -0.3 is 0 Å². The Morgan fingerprint density at radius 3 is 2.24 bits per heavy atom. The van der Waals surface area contributed by atoms with Gasteiger partial charge in [-0.25, -0.2) is 8.42 Å². The number of hydrogen-bond acceptors (Lipinski definition) is 3. The van der Waals surface area contributed by atoms with Gasteiger partial charge in [0.1, 0.15) is 0 Å². The molecule has 0 amide bonds. The maximum Gasteiger partial charge on any atom is 0.158 e. The summed E-state index contributed by atoms with van der Waals surface area (Å²) in [6, 6.07) is 14.6. The van der Waals surface area contributed by atoms with E-state index in [1.165, 1.54) is 0 Å². The van der Waals surface area contributed by atoms with Gasteiger partial charge in [0, 0.05) is 0 Å². The van der Waals surface area contributed by atoms with Gasteiger partial charge in [-0.2, -0.15) is 5.26 Å². The average molecular weight is 299 g/mol. The highest BCUT2D eigenvalue weighted by molar-refractivity contribution is 7.89. The van der Waals surface area contributed by atoms with Crippen molar-refractivity contribution in [3.63, 3.8) is 0 Å². The van der Waals surface area contributed by atoms with Gasteiger partial charge in [0.25, 0.3) is 0 Å². The van der Waals surface area contributed by atoms with Crippen molar-refractivity contribution >= 4 is 9.84 Å². The number of sulfone groups is 1. The molecular weight excluding hydrogens is 282 g/mol. The number of aryl methyl sites for hydroxylation is 2. The van der Waals surface area contributed by atoms with Crippen LogP contribution in [0.3, 0.4) is 0 Å². The highest BCUT2D eigenvalue weighted by Crippen LogP contribution is 2.17. The maximum atomic E-state index is 12.4. The summed E-state index contributed by atoms with van der Waals surface area (Å²) in [7, 11) is -3.30. The summed E-state index contributed by atoms with van der Waals surface area (Å²) in [5.74, 6) is -0.112. The molecule has 0 N–H and O–H groups in total. The molecule has 0 bridgehead atoms. The number of rotatable bonds is 4. The Morgan fingerprint density at radius 2 is 1.62 bits per heavy atom. The molecule has 0 fully saturated rings. The molecule has 0 aliphatic heterocycles. The molecule has 0 saturated heterocycles. The van der Waals surface area contributed by atoms with Crippen molar-refractivity contribution < 1.29 is 8.42 Å². The van der Waals surface area contributed by atoms with E-state index in [-0.39, 0.29) is 11.5 Å². The van der Waals surface area contributed by atoms with Gasteiger partial charge in [0.15, 0.2) is 9.84 Å². The zero-order chi connectivity index (χ0) is 15.5. The molecule has 0 unspecified atom stereocenters. The van der Waals surface area contributed by atoms with Crippen LogP contribution in [0.5, 0.6) is 0 Å². The van der Waals surface area contributed by atoms with Crippen LogP contribution in [0.15, 0.2) is 42.5 Å². The summed E-state index contributed by atoms with van der Waals surface area (Å²) in [5, 5.41) is 9.03. The molecule has 2 aromatic carbocycles. The van der Waals surface area contributed by atoms with Crippen LogP contribution in [0.2, 0.25) is 0 Å². The Bertz CT molecular complexity index is 782. The lowest BCUT2D eigenvalue weighted by molar-refractivity contribution is 0.594. The van der Waals surface area contributed by atoms with E-state index in [1.54, 1.807) is 24.3 Å². The van der Waals surface area contributed by atoms with E-state index in [0.29, 0.717) is 11.1 Å². The SMILES string of the molecule is Cc1cc(C)cc(CS(=O)(=O)Cc2ccccc2C#N)c1. The topological polar surface area (TPSA) is 57.9 Å². The van der Waals surface area contributed by atoms with Gasteiger partial charge in [-0.1, -0.05) is 47.5 Å². The maximum absolute atomic E-state index is 12.4. The molecule has 2 rings (SSSR count). The molecule has 0 radical (unpaired) electrons. The van der Waals surface area contributed by atoms with E-state index in [1.807, 2.05) is 38.1 Å². The molecule has 108 valence electrons. The first-order valence-electron chi connectivity index (χ1n) is 6.65. The van der Waals surface area contributed by atoms with Gasteiger partial charge in [0.2, 0.25) is 0 Å². The Labute approximate surface area is 125 Å². The number of nitriles is 1. The van der Waals surface area contributed by atoms with Gasteiger partial charge in [0.05, 0.1) is 23.1 Å². The molecular formula is C17H17NO2S. The van der Waals surface area contributed by atoms with E-state index in [4.69, 9.17) is 5.26 Å². The van der Waals surface area contributed by atoms with E-state index in [2.05, 4.69) is 0 Å². The molecule has 0 aromatic heterocycles. The normalized spacial score (nSPS) is 11.1. The van der Waals surface area contributed by atoms with E-state index >= 15 is 0 Å². The number of hydrogen-bond donors (Lipinski definition) is 0. The molecule has 0 atom stereocenters. The zero-order valence-electron chi connectivity index (χ0n) is 12.1. The third kappa shape index (κ3) is 4.17. The fourth-order valence-electron chi connectivity index (χ4n) is 2.45. The van der Waals surface area contributed by atoms with Crippen molar-refractivity contribution in [2.75, 3.05) is 0 Å². The largest absolute Gasteiger partial charge is 0.228 e. The van der Waals surface area contributed by atoms with Crippen molar-refractivity contribution in [3.8, 4) is 6.07 Å². The predicted octanol–water partition coefficient (Wildman–Crippen LogP) is 3.29. The zero-order valence-corrected chi connectivity index (χ0v) is 12.9. The van der Waals surface area contributed by atoms with Gasteiger partial charge in [-0.3, -0.25) is 0 Å². The minimum absolute atomic E-state index is 0.00468. The summed E-state index contributed by atoms with van der Waals surface area (Å²) in [6.07, 6.45) is 0. The van der Waals surface area contributed by atoms with Crippen molar-refractivity contribution in [1.82, 2.24) is 0 Å². The van der Waals surface area contributed by atoms with Crippen molar-refractivity contribution in [2.45, 2.75) is 25.4 Å². The van der Waals surface area contributed by atoms with Gasteiger partial charge in [-0.15, -0.1) is 0 Å². The summed E-state index contributed by atoms with van der Waals surface area (Å²) in [5.41, 5.74) is 3.88. The monoisotopic (exact) mass is 299 g/mol. The van der Waals surface area contributed by atoms with Crippen LogP contribution in [-0.2, 0) is 21.3 Å². The van der Waals surface area contributed by atoms with Crippen LogP contribution < -0.4 is 0 Å². The highest BCUT2D eigenvalue weighted by atomic mass is 32.2. The summed E-state index contributed by atoms with van der Waals surface area (Å²) >= 11 is 0. The second-order valence-electron chi connectivity index (χ2n) is 5.30.